The number of nitriles is 2. The van der Waals surface area contributed by atoms with Gasteiger partial charge in [-0.2, -0.15) is 20.3 Å². The summed E-state index contributed by atoms with van der Waals surface area (Å²) in [5.74, 6) is 0. The van der Waals surface area contributed by atoms with Gasteiger partial charge < -0.3 is 4.90 Å². The third-order valence-corrected chi connectivity index (χ3v) is 6.30. The van der Waals surface area contributed by atoms with Gasteiger partial charge in [0.15, 0.2) is 5.41 Å². The number of nitrogens with zero attached hydrogens (tertiary/aromatic N) is 5. The van der Waals surface area contributed by atoms with Crippen molar-refractivity contribution in [3.8, 4) is 40.1 Å². The average Bonchev–Trinajstić information content (AvgIpc) is 2.88. The SMILES string of the molecule is CN1CC(C#N)(C#N)Cc2ccccc2-c2c(cnn(-c3ccccc3)c2=O)-c2ccccc21. The van der Waals surface area contributed by atoms with E-state index in [0.717, 1.165) is 16.8 Å². The molecule has 6 nitrogen and oxygen atoms in total. The Balaban J connectivity index is 1.91. The third kappa shape index (κ3) is 3.43. The first-order valence-electron chi connectivity index (χ1n) is 11.0. The van der Waals surface area contributed by atoms with Gasteiger partial charge in [0.1, 0.15) is 0 Å². The number of para-hydroxylation sites is 2. The predicted octanol–water partition coefficient (Wildman–Crippen LogP) is 4.59. The quantitative estimate of drug-likeness (QED) is 0.429. The van der Waals surface area contributed by atoms with Gasteiger partial charge in [-0.3, -0.25) is 4.79 Å². The molecule has 4 aromatic rings. The molecule has 0 saturated carbocycles. The maximum absolute atomic E-state index is 14.0. The van der Waals surface area contributed by atoms with Crippen LogP contribution in [0.1, 0.15) is 5.56 Å². The van der Waals surface area contributed by atoms with Crippen molar-refractivity contribution in [3.63, 3.8) is 0 Å². The minimum absolute atomic E-state index is 0.204. The Labute approximate surface area is 197 Å². The average molecular weight is 444 g/mol. The summed E-state index contributed by atoms with van der Waals surface area (Å²) in [5, 5.41) is 24.7. The molecule has 0 bridgehead atoms. The molecular weight excluding hydrogens is 422 g/mol. The van der Waals surface area contributed by atoms with E-state index in [0.29, 0.717) is 22.4 Å². The number of benzene rings is 3. The summed E-state index contributed by atoms with van der Waals surface area (Å²) in [6.45, 7) is 0.231. The summed E-state index contributed by atoms with van der Waals surface area (Å²) in [6.07, 6.45) is 1.94. The predicted molar refractivity (Wildman–Crippen MR) is 131 cm³/mol. The van der Waals surface area contributed by atoms with Crippen LogP contribution in [-0.4, -0.2) is 23.4 Å². The van der Waals surface area contributed by atoms with Gasteiger partial charge in [-0.05, 0) is 29.3 Å². The van der Waals surface area contributed by atoms with E-state index in [1.165, 1.54) is 4.68 Å². The first kappa shape index (κ1) is 21.2. The minimum Gasteiger partial charge on any atom is -0.371 e. The summed E-state index contributed by atoms with van der Waals surface area (Å²) >= 11 is 0. The largest absolute Gasteiger partial charge is 0.371 e. The van der Waals surface area contributed by atoms with E-state index >= 15 is 0 Å². The van der Waals surface area contributed by atoms with Crippen molar-refractivity contribution in [3.05, 3.63) is 101 Å². The van der Waals surface area contributed by atoms with Crippen LogP contribution < -0.4 is 10.5 Å². The van der Waals surface area contributed by atoms with Crippen molar-refractivity contribution in [2.75, 3.05) is 18.5 Å². The molecule has 0 amide bonds. The monoisotopic (exact) mass is 443 g/mol. The molecule has 0 saturated heterocycles. The van der Waals surface area contributed by atoms with Gasteiger partial charge in [-0.25, -0.2) is 0 Å². The highest BCUT2D eigenvalue weighted by Crippen LogP contribution is 2.40. The van der Waals surface area contributed by atoms with E-state index in [4.69, 9.17) is 0 Å². The van der Waals surface area contributed by atoms with Crippen molar-refractivity contribution in [2.45, 2.75) is 6.42 Å². The Morgan fingerprint density at radius 2 is 1.50 bits per heavy atom. The fourth-order valence-electron chi connectivity index (χ4n) is 4.67. The van der Waals surface area contributed by atoms with Crippen molar-refractivity contribution in [1.29, 1.82) is 10.5 Å². The van der Waals surface area contributed by atoms with Crippen molar-refractivity contribution >= 4 is 5.69 Å². The Bertz CT molecular complexity index is 1510. The molecule has 34 heavy (non-hydrogen) atoms. The molecule has 0 unspecified atom stereocenters. The van der Waals surface area contributed by atoms with E-state index in [2.05, 4.69) is 17.2 Å². The van der Waals surface area contributed by atoms with E-state index in [9.17, 15) is 15.3 Å². The molecule has 0 aliphatic carbocycles. The maximum Gasteiger partial charge on any atom is 0.280 e. The van der Waals surface area contributed by atoms with E-state index < -0.39 is 5.41 Å². The summed E-state index contributed by atoms with van der Waals surface area (Å²) < 4.78 is 1.40. The zero-order valence-corrected chi connectivity index (χ0v) is 18.6. The lowest BCUT2D eigenvalue weighted by molar-refractivity contribution is 0.518. The van der Waals surface area contributed by atoms with Crippen LogP contribution in [0.4, 0.5) is 5.69 Å². The molecule has 0 atom stereocenters. The lowest BCUT2D eigenvalue weighted by Crippen LogP contribution is -2.36. The van der Waals surface area contributed by atoms with Gasteiger partial charge in [0.25, 0.3) is 5.56 Å². The Morgan fingerprint density at radius 1 is 0.853 bits per heavy atom. The second-order valence-corrected chi connectivity index (χ2v) is 8.50. The second kappa shape index (κ2) is 8.35. The lowest BCUT2D eigenvalue weighted by Gasteiger charge is -2.31. The summed E-state index contributed by atoms with van der Waals surface area (Å²) in [6, 6.07) is 29.1. The zero-order valence-electron chi connectivity index (χ0n) is 18.6. The molecule has 6 heteroatoms. The summed E-state index contributed by atoms with van der Waals surface area (Å²) in [5.41, 5.74) is 3.50. The highest BCUT2D eigenvalue weighted by Gasteiger charge is 2.35. The van der Waals surface area contributed by atoms with Crippen LogP contribution in [-0.2, 0) is 6.42 Å². The van der Waals surface area contributed by atoms with Crippen LogP contribution in [0.15, 0.2) is 89.9 Å². The van der Waals surface area contributed by atoms with E-state index in [1.807, 2.05) is 90.8 Å². The molecule has 5 rings (SSSR count). The number of hydrogen-bond donors (Lipinski definition) is 0. The number of fused-ring (bicyclic) bond motifs is 5. The van der Waals surface area contributed by atoms with Crippen molar-refractivity contribution in [2.24, 2.45) is 5.41 Å². The van der Waals surface area contributed by atoms with Gasteiger partial charge in [0.2, 0.25) is 0 Å². The van der Waals surface area contributed by atoms with Crippen LogP contribution >= 0.6 is 0 Å². The van der Waals surface area contributed by atoms with Crippen LogP contribution in [0.25, 0.3) is 27.9 Å². The third-order valence-electron chi connectivity index (χ3n) is 6.30. The van der Waals surface area contributed by atoms with Crippen LogP contribution in [0, 0.1) is 28.1 Å². The number of hydrogen-bond acceptors (Lipinski definition) is 5. The van der Waals surface area contributed by atoms with Crippen LogP contribution in [0.2, 0.25) is 0 Å². The summed E-state index contributed by atoms with van der Waals surface area (Å²) in [7, 11) is 1.87. The van der Waals surface area contributed by atoms with Crippen LogP contribution in [0.3, 0.4) is 0 Å². The smallest absolute Gasteiger partial charge is 0.280 e. The Morgan fingerprint density at radius 3 is 2.24 bits per heavy atom. The van der Waals surface area contributed by atoms with Crippen molar-refractivity contribution < 1.29 is 0 Å². The van der Waals surface area contributed by atoms with Gasteiger partial charge in [0, 0.05) is 36.8 Å². The molecule has 1 aliphatic heterocycles. The van der Waals surface area contributed by atoms with Crippen LogP contribution in [0.5, 0.6) is 0 Å². The molecule has 0 radical (unpaired) electrons. The molecule has 1 aromatic heterocycles. The number of anilines is 1. The molecule has 164 valence electrons. The van der Waals surface area contributed by atoms with Crippen molar-refractivity contribution in [1.82, 2.24) is 9.78 Å². The lowest BCUT2D eigenvalue weighted by atomic mass is 9.80. The van der Waals surface area contributed by atoms with Gasteiger partial charge >= 0.3 is 0 Å². The minimum atomic E-state index is -1.28. The van der Waals surface area contributed by atoms with Gasteiger partial charge in [-0.1, -0.05) is 60.7 Å². The molecule has 0 N–H and O–H groups in total. The highest BCUT2D eigenvalue weighted by molar-refractivity contribution is 5.90. The maximum atomic E-state index is 14.0. The first-order valence-corrected chi connectivity index (χ1v) is 11.0. The van der Waals surface area contributed by atoms with Gasteiger partial charge in [0.05, 0.1) is 29.6 Å². The normalized spacial score (nSPS) is 14.0. The zero-order chi connectivity index (χ0) is 23.7. The number of aromatic nitrogens is 2. The van der Waals surface area contributed by atoms with Gasteiger partial charge in [-0.15, -0.1) is 0 Å². The molecule has 0 spiro atoms. The molecule has 3 aromatic carbocycles. The fourth-order valence-corrected chi connectivity index (χ4v) is 4.67. The highest BCUT2D eigenvalue weighted by atomic mass is 16.1. The standard InChI is InChI=1S/C28H21N5O/c1-32-19-28(17-29,18-30)15-20-9-5-6-12-22(20)26-24(23-13-7-8-14-25(23)32)16-31-33(27(26)34)21-10-3-2-4-11-21/h2-14,16H,15,19H2,1H3. The first-order chi connectivity index (χ1) is 16.6. The molecular formula is C28H21N5O. The molecule has 0 fully saturated rings. The Kier molecular flexibility index (Phi) is 5.20. The molecule has 1 aliphatic rings. The Hall–Kier alpha value is -4.68. The van der Waals surface area contributed by atoms with E-state index in [1.54, 1.807) is 6.20 Å². The fraction of sp³-hybridized carbons (Fsp3) is 0.143. The molecule has 2 heterocycles. The second-order valence-electron chi connectivity index (χ2n) is 8.50. The topological polar surface area (TPSA) is 85.7 Å². The van der Waals surface area contributed by atoms with E-state index in [-0.39, 0.29) is 18.5 Å². The number of rotatable bonds is 1. The summed E-state index contributed by atoms with van der Waals surface area (Å²) in [4.78, 5) is 15.9.